The molecule has 0 atom stereocenters. The van der Waals surface area contributed by atoms with E-state index in [0.717, 1.165) is 43.2 Å². The van der Waals surface area contributed by atoms with Crippen molar-refractivity contribution in [1.82, 2.24) is 9.62 Å². The normalized spacial score (nSPS) is 14.4. The molecule has 28 heavy (non-hydrogen) atoms. The molecule has 0 unspecified atom stereocenters. The van der Waals surface area contributed by atoms with Crippen LogP contribution in [0.15, 0.2) is 71.6 Å². The lowest BCUT2D eigenvalue weighted by atomic mass is 10.00. The summed E-state index contributed by atoms with van der Waals surface area (Å²) in [5.74, 6) is 0. The van der Waals surface area contributed by atoms with E-state index in [-0.39, 0.29) is 12.4 Å². The highest BCUT2D eigenvalue weighted by Crippen LogP contribution is 2.20. The number of nitrogens with zero attached hydrogens (tertiary/aromatic N) is 1. The Morgan fingerprint density at radius 3 is 2.43 bits per heavy atom. The summed E-state index contributed by atoms with van der Waals surface area (Å²) >= 11 is 0. The average molecular weight is 417 g/mol. The number of hydrogen-bond acceptors (Lipinski definition) is 3. The smallest absolute Gasteiger partial charge is 0.240 e. The Bertz CT molecular complexity index is 1050. The molecule has 0 aliphatic carbocycles. The summed E-state index contributed by atoms with van der Waals surface area (Å²) in [5, 5.41) is 1.98. The third-order valence-corrected chi connectivity index (χ3v) is 6.64. The number of rotatable bonds is 6. The molecule has 148 valence electrons. The van der Waals surface area contributed by atoms with Gasteiger partial charge in [0.15, 0.2) is 0 Å². The van der Waals surface area contributed by atoms with E-state index in [1.54, 1.807) is 12.1 Å². The highest BCUT2D eigenvalue weighted by molar-refractivity contribution is 7.89. The van der Waals surface area contributed by atoms with Crippen LogP contribution in [0, 0.1) is 0 Å². The van der Waals surface area contributed by atoms with E-state index in [9.17, 15) is 8.42 Å². The van der Waals surface area contributed by atoms with Crippen LogP contribution in [0.25, 0.3) is 10.8 Å². The van der Waals surface area contributed by atoms with Crippen LogP contribution in [0.4, 0.5) is 0 Å². The van der Waals surface area contributed by atoms with E-state index in [0.29, 0.717) is 11.4 Å². The Morgan fingerprint density at radius 1 is 0.893 bits per heavy atom. The highest BCUT2D eigenvalue weighted by Gasteiger charge is 2.16. The maximum atomic E-state index is 12.6. The monoisotopic (exact) mass is 416 g/mol. The Morgan fingerprint density at radius 2 is 1.61 bits per heavy atom. The zero-order valence-electron chi connectivity index (χ0n) is 15.7. The Balaban J connectivity index is 0.00000225. The van der Waals surface area contributed by atoms with Gasteiger partial charge >= 0.3 is 0 Å². The van der Waals surface area contributed by atoms with Gasteiger partial charge in [-0.3, -0.25) is 4.90 Å². The molecule has 1 aliphatic heterocycles. The fourth-order valence-electron chi connectivity index (χ4n) is 3.67. The Kier molecular flexibility index (Phi) is 6.73. The number of benzene rings is 3. The fourth-order valence-corrected chi connectivity index (χ4v) is 4.78. The second-order valence-corrected chi connectivity index (χ2v) is 8.82. The first-order chi connectivity index (χ1) is 13.1. The first-order valence-corrected chi connectivity index (χ1v) is 10.9. The number of nitrogens with one attached hydrogen (secondary N) is 1. The van der Waals surface area contributed by atoms with Crippen molar-refractivity contribution in [2.24, 2.45) is 0 Å². The summed E-state index contributed by atoms with van der Waals surface area (Å²) in [5.41, 5.74) is 2.83. The molecule has 0 saturated heterocycles. The predicted octanol–water partition coefficient (Wildman–Crippen LogP) is 3.99. The molecule has 4 rings (SSSR count). The van der Waals surface area contributed by atoms with Crippen LogP contribution >= 0.6 is 12.4 Å². The highest BCUT2D eigenvalue weighted by atomic mass is 35.5. The van der Waals surface area contributed by atoms with Gasteiger partial charge in [0.1, 0.15) is 0 Å². The summed E-state index contributed by atoms with van der Waals surface area (Å²) in [7, 11) is -3.47. The van der Waals surface area contributed by atoms with Gasteiger partial charge < -0.3 is 0 Å². The molecular formula is C22H25ClN2O2S. The summed E-state index contributed by atoms with van der Waals surface area (Å²) in [6, 6.07) is 21.6. The molecule has 1 aliphatic rings. The summed E-state index contributed by atoms with van der Waals surface area (Å²) in [6.45, 7) is 3.34. The molecule has 0 spiro atoms. The summed E-state index contributed by atoms with van der Waals surface area (Å²) in [6.07, 6.45) is 1.87. The van der Waals surface area contributed by atoms with E-state index in [2.05, 4.69) is 33.9 Å². The molecule has 6 heteroatoms. The molecule has 0 radical (unpaired) electrons. The number of halogens is 1. The van der Waals surface area contributed by atoms with Crippen LogP contribution < -0.4 is 4.72 Å². The van der Waals surface area contributed by atoms with Crippen LogP contribution in [-0.2, 0) is 23.0 Å². The maximum absolute atomic E-state index is 12.6. The van der Waals surface area contributed by atoms with E-state index >= 15 is 0 Å². The van der Waals surface area contributed by atoms with E-state index in [1.807, 2.05) is 30.3 Å². The molecule has 3 aromatic carbocycles. The second-order valence-electron chi connectivity index (χ2n) is 7.06. The van der Waals surface area contributed by atoms with Crippen LogP contribution in [0.2, 0.25) is 0 Å². The zero-order valence-corrected chi connectivity index (χ0v) is 17.3. The molecule has 3 aromatic rings. The lowest BCUT2D eigenvalue weighted by Crippen LogP contribution is -2.33. The standard InChI is InChI=1S/C22H24N2O2S.ClH/c25-27(26,22-11-10-18-6-1-3-8-20(18)16-22)23-13-5-14-24-15-12-19-7-2-4-9-21(19)17-24;/h1-4,6-11,16,23H,5,12-15,17H2;1H. The second kappa shape index (κ2) is 9.05. The minimum atomic E-state index is -3.47. The van der Waals surface area contributed by atoms with Gasteiger partial charge in [0, 0.05) is 19.6 Å². The van der Waals surface area contributed by atoms with Crippen molar-refractivity contribution in [3.05, 3.63) is 77.9 Å². The summed E-state index contributed by atoms with van der Waals surface area (Å²) < 4.78 is 27.9. The lowest BCUT2D eigenvalue weighted by Gasteiger charge is -2.28. The molecule has 0 fully saturated rings. The van der Waals surface area contributed by atoms with Crippen molar-refractivity contribution in [3.63, 3.8) is 0 Å². The van der Waals surface area contributed by atoms with Gasteiger partial charge in [-0.25, -0.2) is 13.1 Å². The predicted molar refractivity (Wildman–Crippen MR) is 116 cm³/mol. The molecule has 1 heterocycles. The molecule has 0 amide bonds. The lowest BCUT2D eigenvalue weighted by molar-refractivity contribution is 0.251. The first-order valence-electron chi connectivity index (χ1n) is 9.39. The zero-order chi connectivity index (χ0) is 18.7. The van der Waals surface area contributed by atoms with Crippen LogP contribution in [0.3, 0.4) is 0 Å². The molecule has 0 aromatic heterocycles. The Labute approximate surface area is 173 Å². The molecular weight excluding hydrogens is 392 g/mol. The molecule has 0 bridgehead atoms. The van der Waals surface area contributed by atoms with Crippen molar-refractivity contribution in [3.8, 4) is 0 Å². The van der Waals surface area contributed by atoms with Gasteiger partial charge in [0.05, 0.1) is 4.90 Å². The Hall–Kier alpha value is -1.92. The third-order valence-electron chi connectivity index (χ3n) is 5.18. The average Bonchev–Trinajstić information content (AvgIpc) is 2.71. The SMILES string of the molecule is Cl.O=S(=O)(NCCCN1CCc2ccccc2C1)c1ccc2ccccc2c1. The quantitative estimate of drug-likeness (QED) is 0.618. The largest absolute Gasteiger partial charge is 0.299 e. The fraction of sp³-hybridized carbons (Fsp3) is 0.273. The van der Waals surface area contributed by atoms with Crippen molar-refractivity contribution in [1.29, 1.82) is 0 Å². The van der Waals surface area contributed by atoms with Gasteiger partial charge in [0.2, 0.25) is 10.0 Å². The van der Waals surface area contributed by atoms with Crippen molar-refractivity contribution < 1.29 is 8.42 Å². The van der Waals surface area contributed by atoms with Crippen LogP contribution in [0.1, 0.15) is 17.5 Å². The molecule has 1 N–H and O–H groups in total. The van der Waals surface area contributed by atoms with Gasteiger partial charge in [0.25, 0.3) is 0 Å². The van der Waals surface area contributed by atoms with Gasteiger partial charge in [-0.1, -0.05) is 54.6 Å². The van der Waals surface area contributed by atoms with Crippen molar-refractivity contribution >= 4 is 33.2 Å². The molecule has 0 saturated carbocycles. The van der Waals surface area contributed by atoms with Crippen LogP contribution in [-0.4, -0.2) is 33.0 Å². The van der Waals surface area contributed by atoms with E-state index in [4.69, 9.17) is 0 Å². The third kappa shape index (κ3) is 4.73. The first kappa shape index (κ1) is 20.8. The topological polar surface area (TPSA) is 49.4 Å². The van der Waals surface area contributed by atoms with E-state index in [1.165, 1.54) is 11.1 Å². The summed E-state index contributed by atoms with van der Waals surface area (Å²) in [4.78, 5) is 2.72. The van der Waals surface area contributed by atoms with Gasteiger partial charge in [-0.2, -0.15) is 0 Å². The minimum Gasteiger partial charge on any atom is -0.299 e. The van der Waals surface area contributed by atoms with Crippen molar-refractivity contribution in [2.75, 3.05) is 19.6 Å². The van der Waals surface area contributed by atoms with E-state index < -0.39 is 10.0 Å². The number of fused-ring (bicyclic) bond motifs is 2. The molecule has 4 nitrogen and oxygen atoms in total. The minimum absolute atomic E-state index is 0. The van der Waals surface area contributed by atoms with Crippen molar-refractivity contribution in [2.45, 2.75) is 24.3 Å². The van der Waals surface area contributed by atoms with Crippen LogP contribution in [0.5, 0.6) is 0 Å². The maximum Gasteiger partial charge on any atom is 0.240 e. The number of sulfonamides is 1. The van der Waals surface area contributed by atoms with Gasteiger partial charge in [-0.05, 0) is 53.4 Å². The number of hydrogen-bond donors (Lipinski definition) is 1. The van der Waals surface area contributed by atoms with Gasteiger partial charge in [-0.15, -0.1) is 12.4 Å².